The number of nitrogens with zero attached hydrogens (tertiary/aromatic N) is 1. The molecule has 0 aliphatic carbocycles. The third-order valence-electron chi connectivity index (χ3n) is 3.75. The normalized spacial score (nSPS) is 17.2. The molecular formula is C17H23N3O3S. The highest BCUT2D eigenvalue weighted by atomic mass is 32.2. The van der Waals surface area contributed by atoms with Gasteiger partial charge < -0.3 is 20.3 Å². The molecule has 2 rings (SSSR count). The molecule has 0 saturated carbocycles. The summed E-state index contributed by atoms with van der Waals surface area (Å²) in [5.74, 6) is 0.329. The molecule has 0 aromatic heterocycles. The van der Waals surface area contributed by atoms with Crippen molar-refractivity contribution >= 4 is 29.4 Å². The van der Waals surface area contributed by atoms with Gasteiger partial charge in [-0.05, 0) is 30.9 Å². The average Bonchev–Trinajstić information content (AvgIpc) is 2.54. The van der Waals surface area contributed by atoms with Gasteiger partial charge in [-0.2, -0.15) is 11.8 Å². The van der Waals surface area contributed by atoms with E-state index in [0.29, 0.717) is 17.9 Å². The number of hydrogen-bond acceptors (Lipinski definition) is 5. The molecule has 1 aromatic rings. The molecule has 1 atom stereocenters. The minimum Gasteiger partial charge on any atom is -0.461 e. The van der Waals surface area contributed by atoms with Gasteiger partial charge >= 0.3 is 12.0 Å². The fraction of sp³-hybridized carbons (Fsp3) is 0.412. The SMILES string of the molecule is CSCCOC(=O)C1=C(C)NC(=O)N[C@H]1c1ccc(N(C)C)cc1. The van der Waals surface area contributed by atoms with Crippen molar-refractivity contribution in [2.75, 3.05) is 37.6 Å². The van der Waals surface area contributed by atoms with Crippen LogP contribution in [0.3, 0.4) is 0 Å². The predicted octanol–water partition coefficient (Wildman–Crippen LogP) is 2.29. The lowest BCUT2D eigenvalue weighted by molar-refractivity contribution is -0.138. The molecule has 0 fully saturated rings. The first-order valence-electron chi connectivity index (χ1n) is 7.65. The number of hydrogen-bond donors (Lipinski definition) is 2. The molecule has 1 aliphatic rings. The largest absolute Gasteiger partial charge is 0.461 e. The minimum atomic E-state index is -0.517. The summed E-state index contributed by atoms with van der Waals surface area (Å²) in [6, 6.07) is 6.89. The van der Waals surface area contributed by atoms with E-state index in [4.69, 9.17) is 4.74 Å². The number of amides is 2. The molecule has 0 saturated heterocycles. The topological polar surface area (TPSA) is 70.7 Å². The Labute approximate surface area is 146 Å². The number of esters is 1. The molecule has 24 heavy (non-hydrogen) atoms. The van der Waals surface area contributed by atoms with Crippen LogP contribution in [0.4, 0.5) is 10.5 Å². The second-order valence-electron chi connectivity index (χ2n) is 5.68. The standard InChI is InChI=1S/C17H23N3O3S/c1-11-14(16(21)23-9-10-24-4)15(19-17(22)18-11)12-5-7-13(8-6-12)20(2)3/h5-8,15H,9-10H2,1-4H3,(H2,18,19,22)/t15-/m0/s1. The smallest absolute Gasteiger partial charge is 0.338 e. The number of thioether (sulfide) groups is 1. The third kappa shape index (κ3) is 4.23. The predicted molar refractivity (Wildman–Crippen MR) is 97.2 cm³/mol. The van der Waals surface area contributed by atoms with Gasteiger partial charge in [0, 0.05) is 31.2 Å². The fourth-order valence-corrected chi connectivity index (χ4v) is 2.72. The number of urea groups is 1. The Morgan fingerprint density at radius 1 is 1.29 bits per heavy atom. The van der Waals surface area contributed by atoms with Crippen molar-refractivity contribution in [2.45, 2.75) is 13.0 Å². The van der Waals surface area contributed by atoms with Gasteiger partial charge in [0.1, 0.15) is 6.61 Å². The van der Waals surface area contributed by atoms with E-state index >= 15 is 0 Å². The average molecular weight is 349 g/mol. The van der Waals surface area contributed by atoms with Crippen molar-refractivity contribution in [1.29, 1.82) is 0 Å². The molecule has 1 aromatic carbocycles. The molecule has 1 heterocycles. The summed E-state index contributed by atoms with van der Waals surface area (Å²) in [5, 5.41) is 5.45. The van der Waals surface area contributed by atoms with Crippen LogP contribution in [0, 0.1) is 0 Å². The Kier molecular flexibility index (Phi) is 6.14. The Morgan fingerprint density at radius 2 is 1.96 bits per heavy atom. The molecule has 7 heteroatoms. The maximum atomic E-state index is 12.5. The lowest BCUT2D eigenvalue weighted by Crippen LogP contribution is -2.45. The van der Waals surface area contributed by atoms with Crippen molar-refractivity contribution in [1.82, 2.24) is 10.6 Å². The number of ether oxygens (including phenoxy) is 1. The van der Waals surface area contributed by atoms with E-state index in [1.165, 1.54) is 0 Å². The molecule has 2 amide bonds. The first kappa shape index (κ1) is 18.2. The molecule has 6 nitrogen and oxygen atoms in total. The fourth-order valence-electron chi connectivity index (χ4n) is 2.47. The van der Waals surface area contributed by atoms with Crippen molar-refractivity contribution in [3.05, 3.63) is 41.1 Å². The zero-order valence-corrected chi connectivity index (χ0v) is 15.2. The van der Waals surface area contributed by atoms with E-state index in [1.807, 2.05) is 49.5 Å². The van der Waals surface area contributed by atoms with E-state index in [1.54, 1.807) is 18.7 Å². The summed E-state index contributed by atoms with van der Waals surface area (Å²) in [6.07, 6.45) is 1.95. The summed E-state index contributed by atoms with van der Waals surface area (Å²) < 4.78 is 5.32. The van der Waals surface area contributed by atoms with Crippen molar-refractivity contribution in [3.63, 3.8) is 0 Å². The number of anilines is 1. The Bertz CT molecular complexity index is 641. The second-order valence-corrected chi connectivity index (χ2v) is 6.67. The van der Waals surface area contributed by atoms with E-state index in [2.05, 4.69) is 10.6 Å². The van der Waals surface area contributed by atoms with Crippen LogP contribution in [-0.4, -0.2) is 44.7 Å². The van der Waals surface area contributed by atoms with Crippen molar-refractivity contribution in [2.24, 2.45) is 0 Å². The van der Waals surface area contributed by atoms with Crippen LogP contribution in [0.25, 0.3) is 0 Å². The van der Waals surface area contributed by atoms with Gasteiger partial charge in [0.15, 0.2) is 0 Å². The summed E-state index contributed by atoms with van der Waals surface area (Å²) >= 11 is 1.61. The van der Waals surface area contributed by atoms with Gasteiger partial charge in [0.2, 0.25) is 0 Å². The number of carbonyl (C=O) groups excluding carboxylic acids is 2. The molecular weight excluding hydrogens is 326 g/mol. The first-order chi connectivity index (χ1) is 11.4. The van der Waals surface area contributed by atoms with Crippen LogP contribution in [0.1, 0.15) is 18.5 Å². The Morgan fingerprint density at radius 3 is 2.54 bits per heavy atom. The highest BCUT2D eigenvalue weighted by molar-refractivity contribution is 7.98. The number of benzene rings is 1. The molecule has 0 spiro atoms. The van der Waals surface area contributed by atoms with E-state index < -0.39 is 12.0 Å². The Hall–Kier alpha value is -2.15. The summed E-state index contributed by atoms with van der Waals surface area (Å²) in [6.45, 7) is 2.06. The summed E-state index contributed by atoms with van der Waals surface area (Å²) in [5.41, 5.74) is 2.85. The second kappa shape index (κ2) is 8.10. The zero-order valence-electron chi connectivity index (χ0n) is 14.4. The van der Waals surface area contributed by atoms with Gasteiger partial charge in [-0.1, -0.05) is 12.1 Å². The summed E-state index contributed by atoms with van der Waals surface area (Å²) in [7, 11) is 3.92. The van der Waals surface area contributed by atoms with E-state index in [-0.39, 0.29) is 6.03 Å². The highest BCUT2D eigenvalue weighted by Crippen LogP contribution is 2.28. The number of carbonyl (C=O) groups is 2. The maximum absolute atomic E-state index is 12.5. The monoisotopic (exact) mass is 349 g/mol. The molecule has 0 radical (unpaired) electrons. The van der Waals surface area contributed by atoms with Gasteiger partial charge in [-0.15, -0.1) is 0 Å². The quantitative estimate of drug-likeness (QED) is 0.609. The third-order valence-corrected chi connectivity index (χ3v) is 4.33. The maximum Gasteiger partial charge on any atom is 0.338 e. The van der Waals surface area contributed by atoms with Gasteiger partial charge in [-0.3, -0.25) is 0 Å². The van der Waals surface area contributed by atoms with Gasteiger partial charge in [0.25, 0.3) is 0 Å². The molecule has 0 unspecified atom stereocenters. The van der Waals surface area contributed by atoms with Crippen LogP contribution in [-0.2, 0) is 9.53 Å². The van der Waals surface area contributed by atoms with Crippen LogP contribution in [0.15, 0.2) is 35.5 Å². The minimum absolute atomic E-state index is 0.324. The first-order valence-corrected chi connectivity index (χ1v) is 9.05. The lowest BCUT2D eigenvalue weighted by Gasteiger charge is -2.28. The van der Waals surface area contributed by atoms with Crippen LogP contribution in [0.5, 0.6) is 0 Å². The van der Waals surface area contributed by atoms with E-state index in [9.17, 15) is 9.59 Å². The number of allylic oxidation sites excluding steroid dienone is 1. The van der Waals surface area contributed by atoms with Crippen LogP contribution >= 0.6 is 11.8 Å². The molecule has 2 N–H and O–H groups in total. The summed E-state index contributed by atoms with van der Waals surface area (Å²) in [4.78, 5) is 26.3. The lowest BCUT2D eigenvalue weighted by atomic mass is 9.95. The molecule has 0 bridgehead atoms. The molecule has 1 aliphatic heterocycles. The molecule has 130 valence electrons. The number of rotatable bonds is 6. The number of nitrogens with one attached hydrogen (secondary N) is 2. The van der Waals surface area contributed by atoms with Crippen LogP contribution < -0.4 is 15.5 Å². The zero-order chi connectivity index (χ0) is 17.7. The van der Waals surface area contributed by atoms with Crippen molar-refractivity contribution < 1.29 is 14.3 Å². The van der Waals surface area contributed by atoms with Gasteiger partial charge in [-0.25, -0.2) is 9.59 Å². The Balaban J connectivity index is 2.28. The highest BCUT2D eigenvalue weighted by Gasteiger charge is 2.32. The van der Waals surface area contributed by atoms with Crippen molar-refractivity contribution in [3.8, 4) is 0 Å². The van der Waals surface area contributed by atoms with Crippen LogP contribution in [0.2, 0.25) is 0 Å². The van der Waals surface area contributed by atoms with E-state index in [0.717, 1.165) is 17.0 Å². The van der Waals surface area contributed by atoms with Gasteiger partial charge in [0.05, 0.1) is 11.6 Å².